The van der Waals surface area contributed by atoms with Crippen molar-refractivity contribution in [1.29, 1.82) is 0 Å². The van der Waals surface area contributed by atoms with Crippen molar-refractivity contribution >= 4 is 5.96 Å². The van der Waals surface area contributed by atoms with Crippen LogP contribution in [0.25, 0.3) is 0 Å². The van der Waals surface area contributed by atoms with Crippen molar-refractivity contribution in [2.75, 3.05) is 39.8 Å². The molecule has 0 fully saturated rings. The predicted molar refractivity (Wildman–Crippen MR) is 123 cm³/mol. The molecule has 0 aliphatic carbocycles. The third-order valence-corrected chi connectivity index (χ3v) is 5.36. The summed E-state index contributed by atoms with van der Waals surface area (Å²) in [7, 11) is 1.84. The van der Waals surface area contributed by atoms with Gasteiger partial charge in [0.2, 0.25) is 0 Å². The molecule has 5 heteroatoms. The minimum absolute atomic E-state index is 0.413. The maximum atomic E-state index is 4.39. The van der Waals surface area contributed by atoms with Gasteiger partial charge in [-0.15, -0.1) is 0 Å². The molecule has 0 spiro atoms. The fraction of sp³-hybridized carbons (Fsp3) is 0.696. The van der Waals surface area contributed by atoms with E-state index in [1.54, 1.807) is 0 Å². The van der Waals surface area contributed by atoms with Crippen molar-refractivity contribution in [2.24, 2.45) is 4.99 Å². The van der Waals surface area contributed by atoms with Crippen molar-refractivity contribution in [3.63, 3.8) is 0 Å². The van der Waals surface area contributed by atoms with Crippen LogP contribution in [0, 0.1) is 0 Å². The Morgan fingerprint density at radius 1 is 1.00 bits per heavy atom. The lowest BCUT2D eigenvalue weighted by atomic mass is 10.1. The van der Waals surface area contributed by atoms with E-state index in [0.717, 1.165) is 51.6 Å². The predicted octanol–water partition coefficient (Wildman–Crippen LogP) is 3.70. The first-order valence-electron chi connectivity index (χ1n) is 11.1. The molecule has 0 aromatic heterocycles. The molecular weight excluding hydrogens is 346 g/mol. The SMILES string of the molecule is CCN(CC)CCCC(C)NC(=NC)NCc1cccc(CN(CC)CC)c1. The van der Waals surface area contributed by atoms with Gasteiger partial charge in [0.15, 0.2) is 5.96 Å². The molecule has 28 heavy (non-hydrogen) atoms. The van der Waals surface area contributed by atoms with E-state index in [1.807, 2.05) is 7.05 Å². The molecule has 1 aromatic rings. The summed E-state index contributed by atoms with van der Waals surface area (Å²) in [6.07, 6.45) is 2.36. The highest BCUT2D eigenvalue weighted by Gasteiger charge is 2.07. The van der Waals surface area contributed by atoms with Gasteiger partial charge in [0.25, 0.3) is 0 Å². The number of nitrogens with one attached hydrogen (secondary N) is 2. The average molecular weight is 390 g/mol. The lowest BCUT2D eigenvalue weighted by Crippen LogP contribution is -2.42. The van der Waals surface area contributed by atoms with Gasteiger partial charge in [0.05, 0.1) is 0 Å². The monoisotopic (exact) mass is 389 g/mol. The zero-order chi connectivity index (χ0) is 20.8. The maximum Gasteiger partial charge on any atom is 0.191 e. The van der Waals surface area contributed by atoms with E-state index < -0.39 is 0 Å². The maximum absolute atomic E-state index is 4.39. The number of guanidine groups is 1. The first-order chi connectivity index (χ1) is 13.6. The lowest BCUT2D eigenvalue weighted by molar-refractivity contribution is 0.292. The van der Waals surface area contributed by atoms with E-state index in [-0.39, 0.29) is 0 Å². The molecule has 0 bridgehead atoms. The van der Waals surface area contributed by atoms with E-state index in [0.29, 0.717) is 6.04 Å². The quantitative estimate of drug-likeness (QED) is 0.399. The van der Waals surface area contributed by atoms with Gasteiger partial charge >= 0.3 is 0 Å². The Morgan fingerprint density at radius 3 is 2.25 bits per heavy atom. The summed E-state index contributed by atoms with van der Waals surface area (Å²) in [5, 5.41) is 6.99. The Balaban J connectivity index is 2.45. The first-order valence-corrected chi connectivity index (χ1v) is 11.1. The number of hydrogen-bond acceptors (Lipinski definition) is 3. The second-order valence-corrected chi connectivity index (χ2v) is 7.42. The first kappa shape index (κ1) is 24.4. The molecule has 0 amide bonds. The normalized spacial score (nSPS) is 13.2. The van der Waals surface area contributed by atoms with E-state index >= 15 is 0 Å². The van der Waals surface area contributed by atoms with Gasteiger partial charge in [-0.25, -0.2) is 0 Å². The van der Waals surface area contributed by atoms with Crippen LogP contribution in [-0.4, -0.2) is 61.6 Å². The van der Waals surface area contributed by atoms with Crippen LogP contribution in [0.3, 0.4) is 0 Å². The zero-order valence-electron chi connectivity index (χ0n) is 19.1. The van der Waals surface area contributed by atoms with Gasteiger partial charge in [-0.05, 0) is 63.6 Å². The Bertz CT molecular complexity index is 550. The molecule has 0 aliphatic heterocycles. The number of rotatable bonds is 13. The van der Waals surface area contributed by atoms with E-state index in [9.17, 15) is 0 Å². The second kappa shape index (κ2) is 14.4. The molecule has 0 saturated carbocycles. The summed E-state index contributed by atoms with van der Waals surface area (Å²) in [6.45, 7) is 18.5. The molecule has 1 rings (SSSR count). The van der Waals surface area contributed by atoms with Crippen LogP contribution in [-0.2, 0) is 13.1 Å². The van der Waals surface area contributed by atoms with Gasteiger partial charge in [-0.3, -0.25) is 9.89 Å². The fourth-order valence-electron chi connectivity index (χ4n) is 3.39. The van der Waals surface area contributed by atoms with Gasteiger partial charge in [0.1, 0.15) is 0 Å². The van der Waals surface area contributed by atoms with Crippen LogP contribution < -0.4 is 10.6 Å². The standard InChI is InChI=1S/C23H43N5/c1-7-27(8-2)16-12-13-20(5)26-23(24-6)25-18-21-14-11-15-22(17-21)19-28(9-3)10-4/h11,14-15,17,20H,7-10,12-13,16,18-19H2,1-6H3,(H2,24,25,26). The van der Waals surface area contributed by atoms with Crippen molar-refractivity contribution in [1.82, 2.24) is 20.4 Å². The van der Waals surface area contributed by atoms with Crippen LogP contribution >= 0.6 is 0 Å². The van der Waals surface area contributed by atoms with Crippen LogP contribution in [0.2, 0.25) is 0 Å². The van der Waals surface area contributed by atoms with E-state index in [4.69, 9.17) is 0 Å². The largest absolute Gasteiger partial charge is 0.354 e. The highest BCUT2D eigenvalue weighted by molar-refractivity contribution is 5.79. The molecule has 2 N–H and O–H groups in total. The Labute approximate surface area is 173 Å². The Morgan fingerprint density at radius 2 is 1.64 bits per heavy atom. The Kier molecular flexibility index (Phi) is 12.6. The van der Waals surface area contributed by atoms with Crippen LogP contribution in [0.15, 0.2) is 29.3 Å². The van der Waals surface area contributed by atoms with Crippen molar-refractivity contribution in [2.45, 2.75) is 66.6 Å². The van der Waals surface area contributed by atoms with Crippen LogP contribution in [0.5, 0.6) is 0 Å². The van der Waals surface area contributed by atoms with E-state index in [1.165, 1.54) is 24.1 Å². The molecule has 1 unspecified atom stereocenters. The summed E-state index contributed by atoms with van der Waals surface area (Å²) >= 11 is 0. The van der Waals surface area contributed by atoms with Gasteiger partial charge < -0.3 is 15.5 Å². The average Bonchev–Trinajstić information content (AvgIpc) is 2.72. The summed E-state index contributed by atoms with van der Waals surface area (Å²) in [6, 6.07) is 9.26. The van der Waals surface area contributed by atoms with Crippen molar-refractivity contribution < 1.29 is 0 Å². The van der Waals surface area contributed by atoms with E-state index in [2.05, 4.69) is 84.3 Å². The second-order valence-electron chi connectivity index (χ2n) is 7.42. The zero-order valence-corrected chi connectivity index (χ0v) is 19.1. The highest BCUT2D eigenvalue weighted by atomic mass is 15.2. The molecule has 160 valence electrons. The molecule has 0 aliphatic rings. The van der Waals surface area contributed by atoms with Gasteiger partial charge in [-0.2, -0.15) is 0 Å². The number of aliphatic imine (C=N–C) groups is 1. The fourth-order valence-corrected chi connectivity index (χ4v) is 3.39. The lowest BCUT2D eigenvalue weighted by Gasteiger charge is -2.21. The summed E-state index contributed by atoms with van der Waals surface area (Å²) in [5.41, 5.74) is 2.66. The van der Waals surface area contributed by atoms with Crippen LogP contribution in [0.4, 0.5) is 0 Å². The van der Waals surface area contributed by atoms with Crippen molar-refractivity contribution in [3.8, 4) is 0 Å². The molecule has 0 heterocycles. The number of nitrogens with zero attached hydrogens (tertiary/aromatic N) is 3. The third kappa shape index (κ3) is 9.56. The number of hydrogen-bond donors (Lipinski definition) is 2. The molecule has 1 atom stereocenters. The molecule has 0 saturated heterocycles. The Hall–Kier alpha value is -1.59. The van der Waals surface area contributed by atoms with Gasteiger partial charge in [-0.1, -0.05) is 52.0 Å². The summed E-state index contributed by atoms with van der Waals surface area (Å²) < 4.78 is 0. The number of benzene rings is 1. The molecule has 5 nitrogen and oxygen atoms in total. The molecule has 1 aromatic carbocycles. The van der Waals surface area contributed by atoms with Crippen LogP contribution in [0.1, 0.15) is 58.6 Å². The van der Waals surface area contributed by atoms with Gasteiger partial charge in [0, 0.05) is 26.2 Å². The smallest absolute Gasteiger partial charge is 0.191 e. The summed E-state index contributed by atoms with van der Waals surface area (Å²) in [4.78, 5) is 9.31. The minimum Gasteiger partial charge on any atom is -0.354 e. The topological polar surface area (TPSA) is 42.9 Å². The summed E-state index contributed by atoms with van der Waals surface area (Å²) in [5.74, 6) is 0.879. The third-order valence-electron chi connectivity index (χ3n) is 5.36. The molecule has 0 radical (unpaired) electrons. The van der Waals surface area contributed by atoms with Crippen molar-refractivity contribution in [3.05, 3.63) is 35.4 Å². The molecular formula is C23H43N5. The minimum atomic E-state index is 0.413. The highest BCUT2D eigenvalue weighted by Crippen LogP contribution is 2.08.